The van der Waals surface area contributed by atoms with Crippen LogP contribution in [0.15, 0.2) is 24.3 Å². The largest absolute Gasteiger partial charge is 0.491 e. The number of rotatable bonds is 14. The van der Waals surface area contributed by atoms with Gasteiger partial charge in [0.1, 0.15) is 24.7 Å². The molecule has 0 aliphatic carbocycles. The molecule has 4 heteroatoms. The Kier molecular flexibility index (Phi) is 11.4. The minimum atomic E-state index is 0.563. The fourth-order valence-corrected chi connectivity index (χ4v) is 1.79. The molecule has 1 aromatic rings. The Morgan fingerprint density at radius 3 is 1.64 bits per heavy atom. The van der Waals surface area contributed by atoms with Gasteiger partial charge in [0.05, 0.1) is 13.2 Å². The van der Waals surface area contributed by atoms with Crippen LogP contribution in [0.1, 0.15) is 39.5 Å². The van der Waals surface area contributed by atoms with Crippen molar-refractivity contribution in [1.82, 2.24) is 0 Å². The molecule has 4 nitrogen and oxygen atoms in total. The van der Waals surface area contributed by atoms with Crippen LogP contribution in [0.3, 0.4) is 0 Å². The van der Waals surface area contributed by atoms with Gasteiger partial charge in [0.15, 0.2) is 0 Å². The van der Waals surface area contributed by atoms with E-state index in [1.165, 1.54) is 0 Å². The summed E-state index contributed by atoms with van der Waals surface area (Å²) in [5.74, 6) is 1.62. The predicted octanol–water partition coefficient (Wildman–Crippen LogP) is 4.08. The Hall–Kier alpha value is -1.26. The lowest BCUT2D eigenvalue weighted by atomic mass is 10.3. The van der Waals surface area contributed by atoms with Gasteiger partial charge in [-0.05, 0) is 25.0 Å². The van der Waals surface area contributed by atoms with E-state index in [0.717, 1.165) is 50.4 Å². The zero-order valence-electron chi connectivity index (χ0n) is 14.0. The number of benzene rings is 1. The highest BCUT2D eigenvalue weighted by Crippen LogP contribution is 2.19. The molecule has 0 unspecified atom stereocenters. The first kappa shape index (κ1) is 18.8. The molecule has 0 aliphatic rings. The molecule has 0 aliphatic heterocycles. The molecule has 0 fully saturated rings. The van der Waals surface area contributed by atoms with E-state index >= 15 is 0 Å². The van der Waals surface area contributed by atoms with Crippen molar-refractivity contribution < 1.29 is 18.9 Å². The molecule has 0 saturated carbocycles. The molecular weight excluding hydrogens is 280 g/mol. The van der Waals surface area contributed by atoms with Crippen LogP contribution in [0.25, 0.3) is 0 Å². The van der Waals surface area contributed by atoms with Crippen molar-refractivity contribution >= 4 is 0 Å². The van der Waals surface area contributed by atoms with Gasteiger partial charge in [-0.25, -0.2) is 0 Å². The molecule has 1 aromatic carbocycles. The molecule has 0 amide bonds. The summed E-state index contributed by atoms with van der Waals surface area (Å²) in [5.41, 5.74) is 0. The van der Waals surface area contributed by atoms with Gasteiger partial charge in [0, 0.05) is 19.3 Å². The number of hydrogen-bond donors (Lipinski definition) is 0. The maximum atomic E-state index is 5.65. The van der Waals surface area contributed by atoms with Gasteiger partial charge in [-0.3, -0.25) is 0 Å². The molecule has 0 N–H and O–H groups in total. The normalized spacial score (nSPS) is 10.6. The van der Waals surface area contributed by atoms with Crippen molar-refractivity contribution in [1.29, 1.82) is 0 Å². The lowest BCUT2D eigenvalue weighted by Gasteiger charge is -2.10. The van der Waals surface area contributed by atoms with Gasteiger partial charge in [0.2, 0.25) is 0 Å². The molecule has 22 heavy (non-hydrogen) atoms. The van der Waals surface area contributed by atoms with E-state index in [9.17, 15) is 0 Å². The van der Waals surface area contributed by atoms with Gasteiger partial charge in [-0.2, -0.15) is 0 Å². The molecule has 1 rings (SSSR count). The van der Waals surface area contributed by atoms with Crippen LogP contribution in [0.5, 0.6) is 11.5 Å². The lowest BCUT2D eigenvalue weighted by molar-refractivity contribution is 0.0957. The maximum absolute atomic E-state index is 5.65. The fourth-order valence-electron chi connectivity index (χ4n) is 1.79. The second-order valence-electron chi connectivity index (χ2n) is 5.10. The van der Waals surface area contributed by atoms with Crippen LogP contribution in [-0.2, 0) is 9.47 Å². The van der Waals surface area contributed by atoms with Crippen LogP contribution >= 0.6 is 0 Å². The molecule has 0 spiro atoms. The summed E-state index contributed by atoms with van der Waals surface area (Å²) in [4.78, 5) is 0. The quantitative estimate of drug-likeness (QED) is 0.485. The summed E-state index contributed by atoms with van der Waals surface area (Å²) in [6.45, 7) is 8.29. The van der Waals surface area contributed by atoms with E-state index in [0.29, 0.717) is 26.4 Å². The summed E-state index contributed by atoms with van der Waals surface area (Å²) < 4.78 is 22.2. The summed E-state index contributed by atoms with van der Waals surface area (Å²) in [7, 11) is 0. The summed E-state index contributed by atoms with van der Waals surface area (Å²) in [6, 6.07) is 7.69. The zero-order valence-corrected chi connectivity index (χ0v) is 14.0. The van der Waals surface area contributed by atoms with Crippen molar-refractivity contribution in [2.75, 3.05) is 39.6 Å². The van der Waals surface area contributed by atoms with E-state index in [1.54, 1.807) is 0 Å². The molecule has 0 heterocycles. The molecule has 0 bridgehead atoms. The molecule has 0 radical (unpaired) electrons. The van der Waals surface area contributed by atoms with Gasteiger partial charge in [-0.15, -0.1) is 0 Å². The average molecular weight is 310 g/mol. The van der Waals surface area contributed by atoms with Crippen molar-refractivity contribution in [2.45, 2.75) is 39.5 Å². The molecule has 126 valence electrons. The predicted molar refractivity (Wildman–Crippen MR) is 88.9 cm³/mol. The maximum Gasteiger partial charge on any atom is 0.123 e. The highest BCUT2D eigenvalue weighted by Gasteiger charge is 1.98. The summed E-state index contributed by atoms with van der Waals surface area (Å²) >= 11 is 0. The molecular formula is C18H30O4. The molecule has 0 saturated heterocycles. The van der Waals surface area contributed by atoms with Gasteiger partial charge in [0.25, 0.3) is 0 Å². The van der Waals surface area contributed by atoms with Gasteiger partial charge in [-0.1, -0.05) is 32.8 Å². The topological polar surface area (TPSA) is 36.9 Å². The monoisotopic (exact) mass is 310 g/mol. The number of unbranched alkanes of at least 4 members (excludes halogenated alkanes) is 2. The Balaban J connectivity index is 2.13. The van der Waals surface area contributed by atoms with Gasteiger partial charge < -0.3 is 18.9 Å². The number of hydrogen-bond acceptors (Lipinski definition) is 4. The second kappa shape index (κ2) is 13.4. The Labute approximate surface area is 134 Å². The summed E-state index contributed by atoms with van der Waals surface area (Å²) in [5, 5.41) is 0. The number of ether oxygens (including phenoxy) is 4. The first-order valence-electron chi connectivity index (χ1n) is 8.38. The van der Waals surface area contributed by atoms with E-state index in [2.05, 4.69) is 13.8 Å². The Bertz CT molecular complexity index is 337. The van der Waals surface area contributed by atoms with Crippen LogP contribution < -0.4 is 9.47 Å². The van der Waals surface area contributed by atoms with Crippen LogP contribution in [0.2, 0.25) is 0 Å². The smallest absolute Gasteiger partial charge is 0.123 e. The third kappa shape index (κ3) is 9.64. The third-order valence-electron chi connectivity index (χ3n) is 3.08. The minimum Gasteiger partial charge on any atom is -0.491 e. The van der Waals surface area contributed by atoms with Crippen molar-refractivity contribution in [2.24, 2.45) is 0 Å². The average Bonchev–Trinajstić information content (AvgIpc) is 2.54. The Morgan fingerprint density at radius 2 is 1.18 bits per heavy atom. The fraction of sp³-hybridized carbons (Fsp3) is 0.667. The van der Waals surface area contributed by atoms with E-state index < -0.39 is 0 Å². The molecule has 0 aromatic heterocycles. The van der Waals surface area contributed by atoms with E-state index in [-0.39, 0.29) is 0 Å². The standard InChI is InChI=1S/C18H30O4/c1-3-5-10-19-12-14-21-17-8-7-9-18(16-17)22-15-13-20-11-6-4-2/h7-9,16H,3-6,10-15H2,1-2H3. The minimum absolute atomic E-state index is 0.563. The van der Waals surface area contributed by atoms with Crippen molar-refractivity contribution in [3.8, 4) is 11.5 Å². The third-order valence-corrected chi connectivity index (χ3v) is 3.08. The highest BCUT2D eigenvalue weighted by atomic mass is 16.5. The van der Waals surface area contributed by atoms with Crippen molar-refractivity contribution in [3.05, 3.63) is 24.3 Å². The van der Waals surface area contributed by atoms with E-state index in [4.69, 9.17) is 18.9 Å². The van der Waals surface area contributed by atoms with Crippen LogP contribution in [0, 0.1) is 0 Å². The van der Waals surface area contributed by atoms with Crippen molar-refractivity contribution in [3.63, 3.8) is 0 Å². The van der Waals surface area contributed by atoms with Crippen LogP contribution in [0.4, 0.5) is 0 Å². The summed E-state index contributed by atoms with van der Waals surface area (Å²) in [6.07, 6.45) is 4.51. The lowest BCUT2D eigenvalue weighted by Crippen LogP contribution is -2.08. The second-order valence-corrected chi connectivity index (χ2v) is 5.10. The van der Waals surface area contributed by atoms with Crippen LogP contribution in [-0.4, -0.2) is 39.6 Å². The first-order chi connectivity index (χ1) is 10.9. The SMILES string of the molecule is CCCCOCCOc1cccc(OCCOCCCC)c1. The zero-order chi connectivity index (χ0) is 15.9. The first-order valence-corrected chi connectivity index (χ1v) is 8.38. The van der Waals surface area contributed by atoms with E-state index in [1.807, 2.05) is 24.3 Å². The molecule has 0 atom stereocenters. The highest BCUT2D eigenvalue weighted by molar-refractivity contribution is 5.32. The van der Waals surface area contributed by atoms with Gasteiger partial charge >= 0.3 is 0 Å². The Morgan fingerprint density at radius 1 is 0.682 bits per heavy atom.